The van der Waals surface area contributed by atoms with Crippen LogP contribution in [0.25, 0.3) is 6.08 Å². The quantitative estimate of drug-likeness (QED) is 0.911. The average Bonchev–Trinajstić information content (AvgIpc) is 2.70. The van der Waals surface area contributed by atoms with E-state index in [1.165, 1.54) is 6.08 Å². The number of hydrogen-bond acceptors (Lipinski definition) is 3. The minimum Gasteiger partial charge on any atom is -0.280 e. The smallest absolute Gasteiger partial charge is 0.256 e. The molecule has 0 unspecified atom stereocenters. The minimum absolute atomic E-state index is 0.309. The van der Waals surface area contributed by atoms with Gasteiger partial charge in [0.25, 0.3) is 10.0 Å². The molecular formula is C13H14ClN3O2S. The Morgan fingerprint density at radius 1 is 1.25 bits per heavy atom. The molecule has 0 aliphatic rings. The van der Waals surface area contributed by atoms with Crippen molar-refractivity contribution in [1.29, 1.82) is 0 Å². The molecule has 2 aromatic rings. The number of rotatable bonds is 4. The van der Waals surface area contributed by atoms with Gasteiger partial charge in [-0.1, -0.05) is 23.7 Å². The Morgan fingerprint density at radius 3 is 2.45 bits per heavy atom. The van der Waals surface area contributed by atoms with Gasteiger partial charge in [0, 0.05) is 16.3 Å². The molecule has 0 amide bonds. The summed E-state index contributed by atoms with van der Waals surface area (Å²) >= 11 is 5.76. The average molecular weight is 312 g/mol. The van der Waals surface area contributed by atoms with Gasteiger partial charge in [-0.25, -0.2) is 8.42 Å². The molecule has 0 fully saturated rings. The lowest BCUT2D eigenvalue weighted by atomic mass is 10.2. The fourth-order valence-corrected chi connectivity index (χ4v) is 2.49. The summed E-state index contributed by atoms with van der Waals surface area (Å²) in [6.45, 7) is 3.61. The van der Waals surface area contributed by atoms with Crippen LogP contribution in [0.2, 0.25) is 5.02 Å². The van der Waals surface area contributed by atoms with Crippen molar-refractivity contribution in [1.82, 2.24) is 10.2 Å². The fourth-order valence-electron chi connectivity index (χ4n) is 1.50. The molecule has 1 heterocycles. The Labute approximate surface area is 122 Å². The van der Waals surface area contributed by atoms with E-state index in [0.29, 0.717) is 10.8 Å². The lowest BCUT2D eigenvalue weighted by Gasteiger charge is -2.01. The van der Waals surface area contributed by atoms with Gasteiger partial charge in [0.15, 0.2) is 5.82 Å². The predicted octanol–water partition coefficient (Wildman–Crippen LogP) is 3.09. The van der Waals surface area contributed by atoms with Gasteiger partial charge in [-0.3, -0.25) is 9.82 Å². The normalized spacial score (nSPS) is 11.9. The van der Waals surface area contributed by atoms with Crippen molar-refractivity contribution in [3.05, 3.63) is 51.5 Å². The van der Waals surface area contributed by atoms with Crippen LogP contribution in [0, 0.1) is 13.8 Å². The zero-order valence-corrected chi connectivity index (χ0v) is 12.6. The molecule has 1 aromatic carbocycles. The molecule has 0 bridgehead atoms. The van der Waals surface area contributed by atoms with Crippen LogP contribution in [0.1, 0.15) is 16.8 Å². The molecule has 7 heteroatoms. The van der Waals surface area contributed by atoms with Gasteiger partial charge in [-0.05, 0) is 37.6 Å². The van der Waals surface area contributed by atoms with Crippen LogP contribution in [0.3, 0.4) is 0 Å². The van der Waals surface area contributed by atoms with E-state index < -0.39 is 10.0 Å². The maximum atomic E-state index is 11.9. The van der Waals surface area contributed by atoms with E-state index in [9.17, 15) is 8.42 Å². The number of nitrogens with one attached hydrogen (secondary N) is 2. The highest BCUT2D eigenvalue weighted by Crippen LogP contribution is 2.16. The molecule has 0 saturated carbocycles. The van der Waals surface area contributed by atoms with Crippen molar-refractivity contribution in [2.75, 3.05) is 4.72 Å². The number of nitrogens with zero attached hydrogens (tertiary/aromatic N) is 1. The van der Waals surface area contributed by atoms with Crippen LogP contribution in [0.4, 0.5) is 5.82 Å². The largest absolute Gasteiger partial charge is 0.280 e. The first kappa shape index (κ1) is 14.6. The molecular weight excluding hydrogens is 298 g/mol. The van der Waals surface area contributed by atoms with Gasteiger partial charge < -0.3 is 0 Å². The van der Waals surface area contributed by atoms with E-state index in [2.05, 4.69) is 14.9 Å². The maximum absolute atomic E-state index is 11.9. The first-order valence-electron chi connectivity index (χ1n) is 5.85. The molecule has 20 heavy (non-hydrogen) atoms. The number of benzene rings is 1. The van der Waals surface area contributed by atoms with E-state index in [1.54, 1.807) is 31.2 Å². The second kappa shape index (κ2) is 5.68. The number of aromatic nitrogens is 2. The molecule has 0 atom stereocenters. The van der Waals surface area contributed by atoms with Crippen LogP contribution >= 0.6 is 11.6 Å². The SMILES string of the molecule is Cc1[nH]nc(NS(=O)(=O)/C=C/c2ccc(Cl)cc2)c1C. The minimum atomic E-state index is -3.60. The number of aromatic amines is 1. The third-order valence-electron chi connectivity index (χ3n) is 2.80. The fraction of sp³-hybridized carbons (Fsp3) is 0.154. The number of H-pyrrole nitrogens is 1. The van der Waals surface area contributed by atoms with Gasteiger partial charge >= 0.3 is 0 Å². The first-order chi connectivity index (χ1) is 9.37. The van der Waals surface area contributed by atoms with Gasteiger partial charge in [0.1, 0.15) is 0 Å². The maximum Gasteiger partial charge on any atom is 0.256 e. The van der Waals surface area contributed by atoms with Crippen LogP contribution in [0.15, 0.2) is 29.7 Å². The zero-order valence-electron chi connectivity index (χ0n) is 11.0. The summed E-state index contributed by atoms with van der Waals surface area (Å²) in [7, 11) is -3.60. The van der Waals surface area contributed by atoms with E-state index in [0.717, 1.165) is 22.2 Å². The monoisotopic (exact) mass is 311 g/mol. The number of halogens is 1. The van der Waals surface area contributed by atoms with Crippen LogP contribution in [-0.4, -0.2) is 18.6 Å². The Morgan fingerprint density at radius 2 is 1.90 bits per heavy atom. The van der Waals surface area contributed by atoms with Crippen LogP contribution in [-0.2, 0) is 10.0 Å². The van der Waals surface area contributed by atoms with Crippen molar-refractivity contribution in [3.63, 3.8) is 0 Å². The lowest BCUT2D eigenvalue weighted by molar-refractivity contribution is 0.609. The molecule has 0 aliphatic heterocycles. The van der Waals surface area contributed by atoms with E-state index in [4.69, 9.17) is 11.6 Å². The van der Waals surface area contributed by atoms with Gasteiger partial charge in [0.2, 0.25) is 0 Å². The zero-order chi connectivity index (χ0) is 14.8. The second-order valence-corrected chi connectivity index (χ2v) is 6.33. The van der Waals surface area contributed by atoms with Crippen molar-refractivity contribution in [2.24, 2.45) is 0 Å². The third kappa shape index (κ3) is 3.61. The first-order valence-corrected chi connectivity index (χ1v) is 7.78. The van der Waals surface area contributed by atoms with Crippen LogP contribution < -0.4 is 4.72 Å². The molecule has 5 nitrogen and oxygen atoms in total. The summed E-state index contributed by atoms with van der Waals surface area (Å²) in [5.74, 6) is 0.309. The van der Waals surface area contributed by atoms with Crippen LogP contribution in [0.5, 0.6) is 0 Å². The summed E-state index contributed by atoms with van der Waals surface area (Å²) in [6, 6.07) is 6.86. The van der Waals surface area contributed by atoms with Gasteiger partial charge in [-0.2, -0.15) is 5.10 Å². The summed E-state index contributed by atoms with van der Waals surface area (Å²) in [4.78, 5) is 0. The standard InChI is InChI=1S/C13H14ClN3O2S/c1-9-10(2)15-16-13(9)17-20(18,19)8-7-11-3-5-12(14)6-4-11/h3-8H,1-2H3,(H2,15,16,17)/b8-7+. The van der Waals surface area contributed by atoms with Gasteiger partial charge in [-0.15, -0.1) is 0 Å². The number of anilines is 1. The molecule has 0 saturated heterocycles. The van der Waals surface area contributed by atoms with Gasteiger partial charge in [0.05, 0.1) is 5.41 Å². The Hall–Kier alpha value is -1.79. The van der Waals surface area contributed by atoms with Crippen molar-refractivity contribution < 1.29 is 8.42 Å². The Balaban J connectivity index is 2.15. The molecule has 1 aromatic heterocycles. The Bertz CT molecular complexity index is 733. The summed E-state index contributed by atoms with van der Waals surface area (Å²) in [5.41, 5.74) is 2.34. The highest BCUT2D eigenvalue weighted by Gasteiger charge is 2.11. The second-order valence-electron chi connectivity index (χ2n) is 4.32. The molecule has 106 valence electrons. The van der Waals surface area contributed by atoms with E-state index in [-0.39, 0.29) is 0 Å². The number of sulfonamides is 1. The molecule has 0 radical (unpaired) electrons. The summed E-state index contributed by atoms with van der Waals surface area (Å²) in [6.07, 6.45) is 1.49. The van der Waals surface area contributed by atoms with Crippen molar-refractivity contribution in [3.8, 4) is 0 Å². The highest BCUT2D eigenvalue weighted by molar-refractivity contribution is 7.95. The van der Waals surface area contributed by atoms with E-state index in [1.807, 2.05) is 6.92 Å². The Kier molecular flexibility index (Phi) is 4.15. The molecule has 2 rings (SSSR count). The number of hydrogen-bond donors (Lipinski definition) is 2. The molecule has 0 aliphatic carbocycles. The predicted molar refractivity (Wildman–Crippen MR) is 81.1 cm³/mol. The van der Waals surface area contributed by atoms with Crippen molar-refractivity contribution in [2.45, 2.75) is 13.8 Å². The van der Waals surface area contributed by atoms with Crippen molar-refractivity contribution >= 4 is 33.5 Å². The number of aryl methyl sites for hydroxylation is 1. The molecule has 2 N–H and O–H groups in total. The summed E-state index contributed by atoms with van der Waals surface area (Å²) in [5, 5.41) is 8.32. The molecule has 0 spiro atoms. The topological polar surface area (TPSA) is 74.8 Å². The highest BCUT2D eigenvalue weighted by atomic mass is 35.5. The lowest BCUT2D eigenvalue weighted by Crippen LogP contribution is -2.10. The van der Waals surface area contributed by atoms with E-state index >= 15 is 0 Å². The summed E-state index contributed by atoms with van der Waals surface area (Å²) < 4.78 is 26.3. The third-order valence-corrected chi connectivity index (χ3v) is 4.03.